The van der Waals surface area contributed by atoms with Crippen molar-refractivity contribution >= 4 is 39.0 Å². The van der Waals surface area contributed by atoms with Crippen molar-refractivity contribution in [1.82, 2.24) is 4.68 Å². The normalized spacial score (nSPS) is 11.2. The van der Waals surface area contributed by atoms with Crippen molar-refractivity contribution < 1.29 is 0 Å². The van der Waals surface area contributed by atoms with Crippen LogP contribution in [0.1, 0.15) is 5.56 Å². The molecule has 0 aliphatic carbocycles. The maximum Gasteiger partial charge on any atom is 0.122 e. The molecule has 53 heavy (non-hydrogen) atoms. The van der Waals surface area contributed by atoms with E-state index in [4.69, 9.17) is 11.1 Å². The summed E-state index contributed by atoms with van der Waals surface area (Å²) in [6.45, 7) is 0. The second-order valence-electron chi connectivity index (χ2n) is 13.2. The lowest BCUT2D eigenvalue weighted by atomic mass is 9.95. The van der Waals surface area contributed by atoms with Crippen LogP contribution in [0.3, 0.4) is 0 Å². The minimum absolute atomic E-state index is 0.0421. The molecule has 8 aromatic carbocycles. The summed E-state index contributed by atoms with van der Waals surface area (Å²) in [5, 5.41) is 12.7. The largest absolute Gasteiger partial charge is 0.384 e. The van der Waals surface area contributed by atoms with Gasteiger partial charge in [-0.3, -0.25) is 5.41 Å². The van der Waals surface area contributed by atoms with Crippen LogP contribution in [0.2, 0.25) is 0 Å². The van der Waals surface area contributed by atoms with Crippen molar-refractivity contribution in [1.29, 1.82) is 5.41 Å². The molecule has 0 saturated heterocycles. The number of hydrogen-bond acceptors (Lipinski definition) is 2. The third kappa shape index (κ3) is 5.92. The Morgan fingerprint density at radius 1 is 0.415 bits per heavy atom. The standard InChI is InChI=1S/C49H36N4/c50-49(51)39-23-28-43(29-24-39)52(42-26-21-37(22-27-42)34-13-5-1-6-14-34)53-47-30-25-40(35-15-7-2-8-16-35)31-45(47)46-33-41(36-17-9-3-10-18-36)32-44(48(46)53)38-19-11-4-12-20-38/h1-33H,(H3,50,51). The predicted molar refractivity (Wildman–Crippen MR) is 223 cm³/mol. The molecule has 0 amide bonds. The van der Waals surface area contributed by atoms with E-state index in [0.29, 0.717) is 5.56 Å². The number of nitrogens with zero attached hydrogens (tertiary/aromatic N) is 2. The van der Waals surface area contributed by atoms with Gasteiger partial charge in [-0.05, 0) is 99.6 Å². The number of aromatic nitrogens is 1. The third-order valence-electron chi connectivity index (χ3n) is 9.98. The molecule has 0 spiro atoms. The van der Waals surface area contributed by atoms with Gasteiger partial charge in [-0.2, -0.15) is 0 Å². The number of nitrogens with two attached hydrogens (primary N) is 1. The first-order valence-corrected chi connectivity index (χ1v) is 17.8. The quantitative estimate of drug-likeness (QED) is 0.124. The second kappa shape index (κ2) is 13.5. The summed E-state index contributed by atoms with van der Waals surface area (Å²) >= 11 is 0. The molecule has 9 rings (SSSR count). The van der Waals surface area contributed by atoms with E-state index in [9.17, 15) is 0 Å². The molecule has 252 valence electrons. The molecular weight excluding hydrogens is 645 g/mol. The molecule has 9 aromatic rings. The molecule has 0 atom stereocenters. The lowest BCUT2D eigenvalue weighted by Gasteiger charge is -2.29. The number of nitrogen functional groups attached to an aromatic ring is 1. The van der Waals surface area contributed by atoms with Gasteiger partial charge in [0, 0.05) is 21.9 Å². The Balaban J connectivity index is 1.39. The van der Waals surface area contributed by atoms with Gasteiger partial charge >= 0.3 is 0 Å². The second-order valence-corrected chi connectivity index (χ2v) is 13.2. The molecule has 0 aliphatic rings. The Morgan fingerprint density at radius 2 is 0.849 bits per heavy atom. The zero-order valence-corrected chi connectivity index (χ0v) is 29.0. The lowest BCUT2D eigenvalue weighted by Crippen LogP contribution is -2.24. The van der Waals surface area contributed by atoms with Crippen molar-refractivity contribution in [2.45, 2.75) is 0 Å². The smallest absolute Gasteiger partial charge is 0.122 e. The molecule has 0 bridgehead atoms. The zero-order chi connectivity index (χ0) is 35.7. The number of rotatable bonds is 8. The van der Waals surface area contributed by atoms with Crippen molar-refractivity contribution in [3.8, 4) is 44.5 Å². The van der Waals surface area contributed by atoms with E-state index in [1.54, 1.807) is 0 Å². The van der Waals surface area contributed by atoms with Gasteiger partial charge in [0.05, 0.1) is 22.4 Å². The average molecular weight is 681 g/mol. The van der Waals surface area contributed by atoms with E-state index < -0.39 is 0 Å². The van der Waals surface area contributed by atoms with Gasteiger partial charge in [-0.15, -0.1) is 0 Å². The Labute approximate surface area is 309 Å². The molecule has 3 N–H and O–H groups in total. The van der Waals surface area contributed by atoms with E-state index in [1.165, 1.54) is 16.7 Å². The fraction of sp³-hybridized carbons (Fsp3) is 0. The van der Waals surface area contributed by atoms with Gasteiger partial charge in [0.1, 0.15) is 5.84 Å². The van der Waals surface area contributed by atoms with Crippen LogP contribution in [0.15, 0.2) is 200 Å². The number of nitrogens with one attached hydrogen (secondary N) is 1. The highest BCUT2D eigenvalue weighted by Crippen LogP contribution is 2.43. The summed E-state index contributed by atoms with van der Waals surface area (Å²) in [7, 11) is 0. The molecule has 0 aliphatic heterocycles. The van der Waals surface area contributed by atoms with E-state index in [-0.39, 0.29) is 5.84 Å². The van der Waals surface area contributed by atoms with Crippen LogP contribution in [0, 0.1) is 5.41 Å². The fourth-order valence-electron chi connectivity index (χ4n) is 7.37. The van der Waals surface area contributed by atoms with Crippen molar-refractivity contribution in [3.05, 3.63) is 206 Å². The first-order chi connectivity index (χ1) is 26.1. The van der Waals surface area contributed by atoms with E-state index in [1.807, 2.05) is 18.2 Å². The van der Waals surface area contributed by atoms with Gasteiger partial charge in [0.25, 0.3) is 0 Å². The van der Waals surface area contributed by atoms with Crippen molar-refractivity contribution in [2.75, 3.05) is 5.01 Å². The minimum Gasteiger partial charge on any atom is -0.384 e. The number of fused-ring (bicyclic) bond motifs is 3. The molecule has 0 fully saturated rings. The molecule has 1 aromatic heterocycles. The van der Waals surface area contributed by atoms with Crippen LogP contribution in [-0.2, 0) is 0 Å². The van der Waals surface area contributed by atoms with Gasteiger partial charge in [-0.25, -0.2) is 9.69 Å². The first kappa shape index (κ1) is 31.8. The highest BCUT2D eigenvalue weighted by Gasteiger charge is 2.24. The summed E-state index contributed by atoms with van der Waals surface area (Å²) in [6.07, 6.45) is 0. The van der Waals surface area contributed by atoms with E-state index in [2.05, 4.69) is 192 Å². The van der Waals surface area contributed by atoms with Crippen LogP contribution in [-0.4, -0.2) is 10.5 Å². The highest BCUT2D eigenvalue weighted by molar-refractivity contribution is 6.16. The average Bonchev–Trinajstić information content (AvgIpc) is 3.55. The number of benzene rings is 8. The molecule has 1 heterocycles. The highest BCUT2D eigenvalue weighted by atomic mass is 15.6. The molecule has 4 nitrogen and oxygen atoms in total. The van der Waals surface area contributed by atoms with E-state index in [0.717, 1.165) is 61.0 Å². The summed E-state index contributed by atoms with van der Waals surface area (Å²) in [5.41, 5.74) is 20.0. The Kier molecular flexibility index (Phi) is 8.10. The number of anilines is 2. The number of amidine groups is 1. The summed E-state index contributed by atoms with van der Waals surface area (Å²) < 4.78 is 2.37. The van der Waals surface area contributed by atoms with Crippen molar-refractivity contribution in [3.63, 3.8) is 0 Å². The van der Waals surface area contributed by atoms with Crippen LogP contribution in [0.25, 0.3) is 66.3 Å². The topological polar surface area (TPSA) is 58.0 Å². The van der Waals surface area contributed by atoms with Crippen LogP contribution in [0.5, 0.6) is 0 Å². The molecule has 0 radical (unpaired) electrons. The summed E-state index contributed by atoms with van der Waals surface area (Å²) in [6, 6.07) is 70.6. The summed E-state index contributed by atoms with van der Waals surface area (Å²) in [4.78, 5) is 0. The maximum atomic E-state index is 8.10. The minimum atomic E-state index is 0.0421. The van der Waals surface area contributed by atoms with Crippen LogP contribution >= 0.6 is 0 Å². The predicted octanol–water partition coefficient (Wildman–Crippen LogP) is 12.3. The van der Waals surface area contributed by atoms with Crippen molar-refractivity contribution in [2.24, 2.45) is 5.73 Å². The first-order valence-electron chi connectivity index (χ1n) is 17.8. The monoisotopic (exact) mass is 680 g/mol. The SMILES string of the molecule is N=C(N)c1ccc(N(c2ccc(-c3ccccc3)cc2)n2c3ccc(-c4ccccc4)cc3c3cc(-c4ccccc4)cc(-c4ccccc4)c32)cc1. The van der Waals surface area contributed by atoms with Crippen LogP contribution < -0.4 is 10.7 Å². The molecule has 0 unspecified atom stereocenters. The Hall–Kier alpha value is -7.17. The maximum absolute atomic E-state index is 8.10. The van der Waals surface area contributed by atoms with Gasteiger partial charge in [0.2, 0.25) is 0 Å². The Morgan fingerprint density at radius 3 is 1.40 bits per heavy atom. The fourth-order valence-corrected chi connectivity index (χ4v) is 7.37. The van der Waals surface area contributed by atoms with Gasteiger partial charge in [-0.1, -0.05) is 140 Å². The van der Waals surface area contributed by atoms with E-state index >= 15 is 0 Å². The molecule has 0 saturated carbocycles. The lowest BCUT2D eigenvalue weighted by molar-refractivity contribution is 0.887. The molecular formula is C49H36N4. The third-order valence-corrected chi connectivity index (χ3v) is 9.98. The molecule has 4 heteroatoms. The number of hydrogen-bond donors (Lipinski definition) is 2. The summed E-state index contributed by atoms with van der Waals surface area (Å²) in [5.74, 6) is 0.0421. The zero-order valence-electron chi connectivity index (χ0n) is 29.0. The van der Waals surface area contributed by atoms with Gasteiger partial charge in [0.15, 0.2) is 0 Å². The Bertz CT molecular complexity index is 2700. The van der Waals surface area contributed by atoms with Crippen LogP contribution in [0.4, 0.5) is 11.4 Å². The van der Waals surface area contributed by atoms with Gasteiger partial charge < -0.3 is 5.73 Å².